The molecule has 27 heavy (non-hydrogen) atoms. The van der Waals surface area contributed by atoms with Gasteiger partial charge in [0.1, 0.15) is 22.1 Å². The first-order valence-corrected chi connectivity index (χ1v) is 9.13. The first-order valence-electron chi connectivity index (χ1n) is 8.31. The molecule has 1 unspecified atom stereocenters. The third kappa shape index (κ3) is 4.18. The van der Waals surface area contributed by atoms with Gasteiger partial charge in [-0.3, -0.25) is 19.1 Å². The van der Waals surface area contributed by atoms with Gasteiger partial charge in [-0.2, -0.15) is 0 Å². The number of nitrogens with zero attached hydrogens (tertiary/aromatic N) is 2. The van der Waals surface area contributed by atoms with Crippen molar-refractivity contribution in [1.82, 2.24) is 4.37 Å². The predicted molar refractivity (Wildman–Crippen MR) is 109 cm³/mol. The molecule has 0 aliphatic rings. The van der Waals surface area contributed by atoms with Crippen LogP contribution >= 0.6 is 11.5 Å². The van der Waals surface area contributed by atoms with Crippen molar-refractivity contribution in [3.8, 4) is 5.75 Å². The zero-order valence-electron chi connectivity index (χ0n) is 14.7. The Hall–Kier alpha value is -3.10. The van der Waals surface area contributed by atoms with Crippen molar-refractivity contribution in [2.45, 2.75) is 13.0 Å². The highest BCUT2D eigenvalue weighted by Gasteiger charge is 2.23. The summed E-state index contributed by atoms with van der Waals surface area (Å²) in [5.74, 6) is 0.209. The Morgan fingerprint density at radius 3 is 2.44 bits per heavy atom. The molecule has 0 aliphatic heterocycles. The number of anilines is 3. The van der Waals surface area contributed by atoms with Crippen molar-refractivity contribution in [3.63, 3.8) is 0 Å². The van der Waals surface area contributed by atoms with Crippen LogP contribution in [0.5, 0.6) is 5.75 Å². The molecule has 0 bridgehead atoms. The van der Waals surface area contributed by atoms with Crippen LogP contribution in [0.1, 0.15) is 12.5 Å². The predicted octanol–water partition coefficient (Wildman–Crippen LogP) is 2.70. The molecule has 0 spiro atoms. The standard InChI is InChI=1S/C19H20N4O3S/c1-12(24)11-21-17(20)16-18(26)22-27-19(16)23(13-5-3-2-4-6-13)14-7-9-15(25)10-8-14/h2-10,12,24-25H,11H2,1H3,(H2,20,21)(H,22,26). The van der Waals surface area contributed by atoms with E-state index in [-0.39, 0.29) is 29.3 Å². The molecule has 3 aromatic rings. The number of phenols is 1. The van der Waals surface area contributed by atoms with Gasteiger partial charge in [-0.05, 0) is 54.9 Å². The van der Waals surface area contributed by atoms with E-state index in [0.29, 0.717) is 5.00 Å². The van der Waals surface area contributed by atoms with E-state index in [0.717, 1.165) is 22.9 Å². The van der Waals surface area contributed by atoms with Crippen molar-refractivity contribution in [2.24, 2.45) is 10.7 Å². The van der Waals surface area contributed by atoms with Crippen LogP contribution in [-0.2, 0) is 0 Å². The lowest BCUT2D eigenvalue weighted by Gasteiger charge is -2.24. The van der Waals surface area contributed by atoms with E-state index in [4.69, 9.17) is 5.73 Å². The van der Waals surface area contributed by atoms with E-state index in [9.17, 15) is 15.0 Å². The molecule has 0 saturated heterocycles. The van der Waals surface area contributed by atoms with Gasteiger partial charge < -0.3 is 15.9 Å². The molecule has 140 valence electrons. The Kier molecular flexibility index (Phi) is 5.58. The highest BCUT2D eigenvalue weighted by molar-refractivity contribution is 7.10. The topological polar surface area (TPSA) is 115 Å². The van der Waals surface area contributed by atoms with Gasteiger partial charge in [0, 0.05) is 11.4 Å². The van der Waals surface area contributed by atoms with Crippen LogP contribution < -0.4 is 16.2 Å². The fourth-order valence-electron chi connectivity index (χ4n) is 2.55. The summed E-state index contributed by atoms with van der Waals surface area (Å²) < 4.78 is 2.71. The maximum absolute atomic E-state index is 12.4. The summed E-state index contributed by atoms with van der Waals surface area (Å²) >= 11 is 1.14. The molecule has 1 aromatic heterocycles. The number of para-hydroxylation sites is 1. The second kappa shape index (κ2) is 8.07. The van der Waals surface area contributed by atoms with Crippen LogP contribution in [0.3, 0.4) is 0 Å². The summed E-state index contributed by atoms with van der Waals surface area (Å²) in [6.07, 6.45) is -0.660. The Morgan fingerprint density at radius 2 is 1.81 bits per heavy atom. The third-order valence-corrected chi connectivity index (χ3v) is 4.66. The lowest BCUT2D eigenvalue weighted by molar-refractivity contribution is 0.204. The smallest absolute Gasteiger partial charge is 0.271 e. The van der Waals surface area contributed by atoms with Gasteiger partial charge in [-0.1, -0.05) is 18.2 Å². The fraction of sp³-hybridized carbons (Fsp3) is 0.158. The van der Waals surface area contributed by atoms with Gasteiger partial charge in [0.15, 0.2) is 0 Å². The minimum absolute atomic E-state index is 0.0631. The van der Waals surface area contributed by atoms with Crippen LogP contribution in [0.15, 0.2) is 64.4 Å². The number of aliphatic hydroxyl groups excluding tert-OH is 1. The maximum Gasteiger partial charge on any atom is 0.271 e. The number of benzene rings is 2. The van der Waals surface area contributed by atoms with Crippen LogP contribution in [0, 0.1) is 0 Å². The Bertz CT molecular complexity index is 978. The average Bonchev–Trinajstić information content (AvgIpc) is 3.03. The summed E-state index contributed by atoms with van der Waals surface area (Å²) in [5.41, 5.74) is 7.54. The molecular formula is C19H20N4O3S. The third-order valence-electron chi connectivity index (χ3n) is 3.79. The number of aliphatic imine (C=N–C) groups is 1. The minimum Gasteiger partial charge on any atom is -0.508 e. The molecule has 0 saturated carbocycles. The Labute approximate surface area is 160 Å². The van der Waals surface area contributed by atoms with Gasteiger partial charge in [0.05, 0.1) is 12.6 Å². The van der Waals surface area contributed by atoms with Gasteiger partial charge in [0.2, 0.25) is 0 Å². The lowest BCUT2D eigenvalue weighted by atomic mass is 10.2. The number of nitrogens with two attached hydrogens (primary N) is 1. The molecule has 1 heterocycles. The van der Waals surface area contributed by atoms with E-state index in [1.54, 1.807) is 31.2 Å². The van der Waals surface area contributed by atoms with Gasteiger partial charge in [0.25, 0.3) is 5.56 Å². The van der Waals surface area contributed by atoms with Crippen LogP contribution in [0.25, 0.3) is 0 Å². The number of hydrogen-bond donors (Lipinski definition) is 4. The molecule has 5 N–H and O–H groups in total. The monoisotopic (exact) mass is 384 g/mol. The van der Waals surface area contributed by atoms with Crippen LogP contribution in [0.4, 0.5) is 16.4 Å². The first kappa shape index (κ1) is 18.7. The highest BCUT2D eigenvalue weighted by Crippen LogP contribution is 2.38. The molecule has 0 aliphatic carbocycles. The van der Waals surface area contributed by atoms with Crippen LogP contribution in [0.2, 0.25) is 0 Å². The molecule has 0 fully saturated rings. The van der Waals surface area contributed by atoms with Gasteiger partial charge >= 0.3 is 0 Å². The SMILES string of the molecule is CC(O)CN=C(N)c1c(N(c2ccccc2)c2ccc(O)cc2)s[nH]c1=O. The van der Waals surface area contributed by atoms with Gasteiger partial charge in [-0.25, -0.2) is 0 Å². The molecule has 1 atom stereocenters. The largest absolute Gasteiger partial charge is 0.508 e. The number of aromatic nitrogens is 1. The number of nitrogens with one attached hydrogen (secondary N) is 1. The zero-order valence-corrected chi connectivity index (χ0v) is 15.5. The summed E-state index contributed by atoms with van der Waals surface area (Å²) in [6, 6.07) is 16.1. The van der Waals surface area contributed by atoms with E-state index in [2.05, 4.69) is 9.37 Å². The maximum atomic E-state index is 12.4. The van der Waals surface area contributed by atoms with Crippen molar-refractivity contribution in [3.05, 3.63) is 70.5 Å². The van der Waals surface area contributed by atoms with E-state index < -0.39 is 6.10 Å². The van der Waals surface area contributed by atoms with Crippen molar-refractivity contribution >= 4 is 33.7 Å². The number of rotatable bonds is 6. The zero-order chi connectivity index (χ0) is 19.4. The number of aromatic amines is 1. The number of phenolic OH excluding ortho intramolecular Hbond substituents is 1. The normalized spacial score (nSPS) is 12.7. The fourth-order valence-corrected chi connectivity index (χ4v) is 3.44. The molecule has 3 rings (SSSR count). The summed E-state index contributed by atoms with van der Waals surface area (Å²) in [5, 5.41) is 19.6. The molecule has 0 amide bonds. The summed E-state index contributed by atoms with van der Waals surface area (Å²) in [4.78, 5) is 18.4. The molecular weight excluding hydrogens is 364 g/mol. The minimum atomic E-state index is -0.660. The highest BCUT2D eigenvalue weighted by atomic mass is 32.1. The van der Waals surface area contributed by atoms with Crippen molar-refractivity contribution in [2.75, 3.05) is 11.4 Å². The first-order chi connectivity index (χ1) is 13.0. The number of hydrogen-bond acceptors (Lipinski definition) is 6. The van der Waals surface area contributed by atoms with Crippen molar-refractivity contribution in [1.29, 1.82) is 0 Å². The molecule has 7 nitrogen and oxygen atoms in total. The van der Waals surface area contributed by atoms with E-state index >= 15 is 0 Å². The average molecular weight is 384 g/mol. The number of amidine groups is 1. The molecule has 0 radical (unpaired) electrons. The lowest BCUT2D eigenvalue weighted by Crippen LogP contribution is -2.25. The van der Waals surface area contributed by atoms with E-state index in [1.165, 1.54) is 0 Å². The van der Waals surface area contributed by atoms with Crippen LogP contribution in [-0.4, -0.2) is 33.1 Å². The summed E-state index contributed by atoms with van der Waals surface area (Å²) in [6.45, 7) is 1.70. The Morgan fingerprint density at radius 1 is 1.19 bits per heavy atom. The molecule has 2 aromatic carbocycles. The Balaban J connectivity index is 2.16. The van der Waals surface area contributed by atoms with Gasteiger partial charge in [-0.15, -0.1) is 0 Å². The van der Waals surface area contributed by atoms with E-state index in [1.807, 2.05) is 35.2 Å². The quantitative estimate of drug-likeness (QED) is 0.385. The van der Waals surface area contributed by atoms with Crippen molar-refractivity contribution < 1.29 is 10.2 Å². The number of aliphatic hydroxyl groups is 1. The second-order valence-corrected chi connectivity index (χ2v) is 6.77. The second-order valence-electron chi connectivity index (χ2n) is 5.98. The molecule has 8 heteroatoms. The summed E-state index contributed by atoms with van der Waals surface area (Å²) in [7, 11) is 0. The number of aromatic hydroxyl groups is 1. The number of H-pyrrole nitrogens is 1.